The van der Waals surface area contributed by atoms with Crippen LogP contribution >= 0.6 is 0 Å². The van der Waals surface area contributed by atoms with E-state index < -0.39 is 0 Å². The largest absolute Gasteiger partial charge is 0.327 e. The lowest BCUT2D eigenvalue weighted by atomic mass is 9.99. The van der Waals surface area contributed by atoms with Crippen LogP contribution in [0.3, 0.4) is 0 Å². The van der Waals surface area contributed by atoms with Crippen molar-refractivity contribution in [1.29, 1.82) is 0 Å². The number of rotatable bonds is 7. The average molecular weight is 252 g/mol. The van der Waals surface area contributed by atoms with Crippen LogP contribution in [0.2, 0.25) is 0 Å². The highest BCUT2D eigenvalue weighted by atomic mass is 19.1. The van der Waals surface area contributed by atoms with Gasteiger partial charge in [-0.3, -0.25) is 0 Å². The van der Waals surface area contributed by atoms with Gasteiger partial charge in [-0.1, -0.05) is 19.9 Å². The van der Waals surface area contributed by atoms with Crippen LogP contribution in [0, 0.1) is 12.7 Å². The fraction of sp³-hybridized carbons (Fsp3) is 0.600. The maximum Gasteiger partial charge on any atom is 0.123 e. The van der Waals surface area contributed by atoms with E-state index >= 15 is 0 Å². The highest BCUT2D eigenvalue weighted by molar-refractivity contribution is 5.27. The van der Waals surface area contributed by atoms with E-state index in [0.29, 0.717) is 0 Å². The summed E-state index contributed by atoms with van der Waals surface area (Å²) in [5, 5.41) is 0. The molecule has 1 rings (SSSR count). The van der Waals surface area contributed by atoms with E-state index in [9.17, 15) is 4.39 Å². The minimum absolute atomic E-state index is 0.103. The van der Waals surface area contributed by atoms with Crippen LogP contribution in [0.15, 0.2) is 18.2 Å². The maximum atomic E-state index is 13.2. The van der Waals surface area contributed by atoms with E-state index in [-0.39, 0.29) is 11.9 Å². The van der Waals surface area contributed by atoms with Gasteiger partial charge in [0.15, 0.2) is 0 Å². The number of nitrogens with two attached hydrogens (primary N) is 1. The van der Waals surface area contributed by atoms with Gasteiger partial charge in [0.2, 0.25) is 0 Å². The molecule has 1 atom stereocenters. The second kappa shape index (κ2) is 7.49. The molecule has 0 aliphatic carbocycles. The quantitative estimate of drug-likeness (QED) is 0.808. The molecule has 1 aromatic rings. The lowest BCUT2D eigenvalue weighted by Gasteiger charge is -2.21. The Morgan fingerprint density at radius 2 is 1.94 bits per heavy atom. The standard InChI is InChI=1S/C15H25FN2/c1-4-18(5-2)9-8-15(17)11-13-10-14(16)7-6-12(13)3/h6-7,10,15H,4-5,8-9,11,17H2,1-3H3. The molecule has 0 saturated carbocycles. The minimum atomic E-state index is -0.174. The number of hydrogen-bond acceptors (Lipinski definition) is 2. The van der Waals surface area contributed by atoms with Gasteiger partial charge in [0, 0.05) is 6.04 Å². The molecule has 3 heteroatoms. The average Bonchev–Trinajstić information content (AvgIpc) is 2.35. The van der Waals surface area contributed by atoms with Gasteiger partial charge in [-0.25, -0.2) is 4.39 Å². The van der Waals surface area contributed by atoms with Gasteiger partial charge in [0.1, 0.15) is 5.82 Å². The molecule has 0 amide bonds. The first-order chi connectivity index (χ1) is 8.56. The number of hydrogen-bond donors (Lipinski definition) is 1. The summed E-state index contributed by atoms with van der Waals surface area (Å²) < 4.78 is 13.2. The van der Waals surface area contributed by atoms with E-state index in [4.69, 9.17) is 5.73 Å². The van der Waals surface area contributed by atoms with Crippen molar-refractivity contribution in [2.45, 2.75) is 39.7 Å². The van der Waals surface area contributed by atoms with Crippen molar-refractivity contribution in [2.75, 3.05) is 19.6 Å². The Kier molecular flexibility index (Phi) is 6.30. The zero-order valence-corrected chi connectivity index (χ0v) is 11.7. The molecule has 0 spiro atoms. The van der Waals surface area contributed by atoms with Crippen molar-refractivity contribution in [3.05, 3.63) is 35.1 Å². The van der Waals surface area contributed by atoms with Crippen LogP contribution in [0.4, 0.5) is 4.39 Å². The summed E-state index contributed by atoms with van der Waals surface area (Å²) in [6.45, 7) is 9.45. The Balaban J connectivity index is 2.48. The van der Waals surface area contributed by atoms with Crippen molar-refractivity contribution in [1.82, 2.24) is 4.90 Å². The van der Waals surface area contributed by atoms with Crippen LogP contribution in [0.5, 0.6) is 0 Å². The number of benzene rings is 1. The third-order valence-corrected chi connectivity index (χ3v) is 3.50. The molecule has 0 aliphatic heterocycles. The van der Waals surface area contributed by atoms with Crippen molar-refractivity contribution >= 4 is 0 Å². The van der Waals surface area contributed by atoms with Crippen LogP contribution < -0.4 is 5.73 Å². The number of aryl methyl sites for hydroxylation is 1. The van der Waals surface area contributed by atoms with E-state index in [1.807, 2.05) is 13.0 Å². The zero-order chi connectivity index (χ0) is 13.5. The van der Waals surface area contributed by atoms with Gasteiger partial charge in [-0.2, -0.15) is 0 Å². The maximum absolute atomic E-state index is 13.2. The molecule has 0 heterocycles. The van der Waals surface area contributed by atoms with Crippen LogP contribution in [0.1, 0.15) is 31.4 Å². The van der Waals surface area contributed by atoms with Crippen molar-refractivity contribution in [2.24, 2.45) is 5.73 Å². The summed E-state index contributed by atoms with van der Waals surface area (Å²) in [5.74, 6) is -0.174. The summed E-state index contributed by atoms with van der Waals surface area (Å²) in [4.78, 5) is 2.36. The summed E-state index contributed by atoms with van der Waals surface area (Å²) in [5.41, 5.74) is 8.28. The normalized spacial score (nSPS) is 13.0. The summed E-state index contributed by atoms with van der Waals surface area (Å²) in [6.07, 6.45) is 1.71. The van der Waals surface area contributed by atoms with E-state index in [1.165, 1.54) is 6.07 Å². The minimum Gasteiger partial charge on any atom is -0.327 e. The van der Waals surface area contributed by atoms with Crippen LogP contribution in [-0.4, -0.2) is 30.6 Å². The monoisotopic (exact) mass is 252 g/mol. The first kappa shape index (κ1) is 15.1. The Hall–Kier alpha value is -0.930. The van der Waals surface area contributed by atoms with Crippen molar-refractivity contribution < 1.29 is 4.39 Å². The van der Waals surface area contributed by atoms with Gasteiger partial charge < -0.3 is 10.6 Å². The molecule has 1 aromatic carbocycles. The molecule has 1 unspecified atom stereocenters. The molecule has 0 saturated heterocycles. The number of halogens is 1. The van der Waals surface area contributed by atoms with Gasteiger partial charge in [-0.05, 0) is 62.7 Å². The highest BCUT2D eigenvalue weighted by Gasteiger charge is 2.09. The van der Waals surface area contributed by atoms with Crippen LogP contribution in [0.25, 0.3) is 0 Å². The molecule has 2 N–H and O–H groups in total. The molecule has 0 aliphatic rings. The van der Waals surface area contributed by atoms with Crippen molar-refractivity contribution in [3.63, 3.8) is 0 Å². The van der Waals surface area contributed by atoms with Gasteiger partial charge in [0.25, 0.3) is 0 Å². The van der Waals surface area contributed by atoms with Gasteiger partial charge >= 0.3 is 0 Å². The molecule has 0 bridgehead atoms. The Labute approximate surface area is 110 Å². The van der Waals surface area contributed by atoms with Crippen LogP contribution in [-0.2, 0) is 6.42 Å². The molecule has 18 heavy (non-hydrogen) atoms. The van der Waals surface area contributed by atoms with E-state index in [1.54, 1.807) is 6.07 Å². The molecule has 102 valence electrons. The first-order valence-electron chi connectivity index (χ1n) is 6.79. The molecule has 0 fully saturated rings. The second-order valence-electron chi connectivity index (χ2n) is 4.85. The zero-order valence-electron chi connectivity index (χ0n) is 11.7. The summed E-state index contributed by atoms with van der Waals surface area (Å²) >= 11 is 0. The Morgan fingerprint density at radius 1 is 1.28 bits per heavy atom. The fourth-order valence-corrected chi connectivity index (χ4v) is 2.13. The SMILES string of the molecule is CCN(CC)CCC(N)Cc1cc(F)ccc1C. The van der Waals surface area contributed by atoms with Crippen molar-refractivity contribution in [3.8, 4) is 0 Å². The molecular weight excluding hydrogens is 227 g/mol. The lowest BCUT2D eigenvalue weighted by molar-refractivity contribution is 0.290. The smallest absolute Gasteiger partial charge is 0.123 e. The Bertz CT molecular complexity index is 362. The van der Waals surface area contributed by atoms with E-state index in [2.05, 4.69) is 18.7 Å². The molecule has 0 radical (unpaired) electrons. The predicted octanol–water partition coefficient (Wildman–Crippen LogP) is 2.74. The third kappa shape index (κ3) is 4.75. The first-order valence-corrected chi connectivity index (χ1v) is 6.79. The van der Waals surface area contributed by atoms with Gasteiger partial charge in [0.05, 0.1) is 0 Å². The third-order valence-electron chi connectivity index (χ3n) is 3.50. The predicted molar refractivity (Wildman–Crippen MR) is 75.2 cm³/mol. The second-order valence-corrected chi connectivity index (χ2v) is 4.85. The number of nitrogens with zero attached hydrogens (tertiary/aromatic N) is 1. The topological polar surface area (TPSA) is 29.3 Å². The lowest BCUT2D eigenvalue weighted by Crippen LogP contribution is -2.31. The summed E-state index contributed by atoms with van der Waals surface area (Å²) in [7, 11) is 0. The summed E-state index contributed by atoms with van der Waals surface area (Å²) in [6, 6.07) is 5.03. The molecule has 2 nitrogen and oxygen atoms in total. The molecule has 0 aromatic heterocycles. The van der Waals surface area contributed by atoms with Gasteiger partial charge in [-0.15, -0.1) is 0 Å². The fourth-order valence-electron chi connectivity index (χ4n) is 2.13. The Morgan fingerprint density at radius 3 is 2.56 bits per heavy atom. The molecular formula is C15H25FN2. The highest BCUT2D eigenvalue weighted by Crippen LogP contribution is 2.13. The van der Waals surface area contributed by atoms with E-state index in [0.717, 1.165) is 43.6 Å².